The maximum absolute atomic E-state index is 13.6. The zero-order valence-electron chi connectivity index (χ0n) is 19.1. The molecule has 7 heteroatoms. The first kappa shape index (κ1) is 22.6. The number of hydrogen-bond donors (Lipinski definition) is 2. The summed E-state index contributed by atoms with van der Waals surface area (Å²) >= 11 is 0. The normalized spacial score (nSPS) is 16.0. The summed E-state index contributed by atoms with van der Waals surface area (Å²) in [7, 11) is 3.37. The highest BCUT2D eigenvalue weighted by atomic mass is 16.5. The smallest absolute Gasteiger partial charge is 0.263 e. The van der Waals surface area contributed by atoms with Crippen LogP contribution in [0.3, 0.4) is 0 Å². The Morgan fingerprint density at radius 2 is 1.85 bits per heavy atom. The molecule has 1 aromatic heterocycles. The first-order valence-electron chi connectivity index (χ1n) is 11.3. The SMILES string of the molecule is COc1ccc(-c2c(-c3ccc(C#N)cc3)nc(NCC3CCCNCC3)n(C)c2=O)cc1. The highest BCUT2D eigenvalue weighted by Crippen LogP contribution is 2.30. The van der Waals surface area contributed by atoms with Gasteiger partial charge in [0.25, 0.3) is 5.56 Å². The Kier molecular flexibility index (Phi) is 7.06. The molecule has 2 N–H and O–H groups in total. The van der Waals surface area contributed by atoms with E-state index in [1.54, 1.807) is 30.9 Å². The lowest BCUT2D eigenvalue weighted by Gasteiger charge is -2.19. The van der Waals surface area contributed by atoms with Gasteiger partial charge in [0.05, 0.1) is 30.0 Å². The van der Waals surface area contributed by atoms with Crippen molar-refractivity contribution in [3.8, 4) is 34.2 Å². The number of benzene rings is 2. The summed E-state index contributed by atoms with van der Waals surface area (Å²) in [5.74, 6) is 1.81. The number of methoxy groups -OCH3 is 1. The molecule has 0 bridgehead atoms. The van der Waals surface area contributed by atoms with Gasteiger partial charge in [-0.25, -0.2) is 4.98 Å². The number of aromatic nitrogens is 2. The van der Waals surface area contributed by atoms with Crippen LogP contribution in [0.4, 0.5) is 5.95 Å². The van der Waals surface area contributed by atoms with Gasteiger partial charge in [-0.05, 0) is 68.1 Å². The van der Waals surface area contributed by atoms with E-state index in [2.05, 4.69) is 16.7 Å². The van der Waals surface area contributed by atoms with Gasteiger partial charge < -0.3 is 15.4 Å². The molecule has 1 unspecified atom stereocenters. The first-order chi connectivity index (χ1) is 16.1. The zero-order chi connectivity index (χ0) is 23.2. The Labute approximate surface area is 194 Å². The number of nitriles is 1. The third kappa shape index (κ3) is 5.07. The molecule has 1 aliphatic rings. The van der Waals surface area contributed by atoms with E-state index < -0.39 is 0 Å². The minimum absolute atomic E-state index is 0.125. The van der Waals surface area contributed by atoms with Crippen LogP contribution < -0.4 is 20.9 Å². The molecule has 4 rings (SSSR count). The predicted molar refractivity (Wildman–Crippen MR) is 130 cm³/mol. The Hall–Kier alpha value is -3.63. The molecule has 0 spiro atoms. The number of nitrogens with zero attached hydrogens (tertiary/aromatic N) is 3. The fourth-order valence-corrected chi connectivity index (χ4v) is 4.22. The average Bonchev–Trinajstić information content (AvgIpc) is 3.14. The van der Waals surface area contributed by atoms with Gasteiger partial charge in [-0.15, -0.1) is 0 Å². The molecule has 2 heterocycles. The second kappa shape index (κ2) is 10.3. The van der Waals surface area contributed by atoms with Crippen molar-refractivity contribution >= 4 is 5.95 Å². The van der Waals surface area contributed by atoms with E-state index in [-0.39, 0.29) is 5.56 Å². The van der Waals surface area contributed by atoms with E-state index in [0.717, 1.165) is 55.8 Å². The number of anilines is 1. The van der Waals surface area contributed by atoms with E-state index in [4.69, 9.17) is 9.72 Å². The van der Waals surface area contributed by atoms with Crippen LogP contribution in [-0.2, 0) is 7.05 Å². The molecule has 1 aliphatic heterocycles. The van der Waals surface area contributed by atoms with E-state index >= 15 is 0 Å². The fourth-order valence-electron chi connectivity index (χ4n) is 4.22. The maximum atomic E-state index is 13.6. The van der Waals surface area contributed by atoms with Gasteiger partial charge in [0.1, 0.15) is 5.75 Å². The summed E-state index contributed by atoms with van der Waals surface area (Å²) in [5.41, 5.74) is 3.12. The highest BCUT2D eigenvalue weighted by Gasteiger charge is 2.19. The van der Waals surface area contributed by atoms with Gasteiger partial charge >= 0.3 is 0 Å². The zero-order valence-corrected chi connectivity index (χ0v) is 19.1. The minimum Gasteiger partial charge on any atom is -0.497 e. The molecular weight excluding hydrogens is 414 g/mol. The lowest BCUT2D eigenvalue weighted by Crippen LogP contribution is -2.27. The van der Waals surface area contributed by atoms with E-state index in [9.17, 15) is 10.1 Å². The molecule has 0 amide bonds. The molecule has 1 saturated heterocycles. The molecule has 0 saturated carbocycles. The number of nitrogens with one attached hydrogen (secondary N) is 2. The van der Waals surface area contributed by atoms with Gasteiger partial charge in [-0.3, -0.25) is 9.36 Å². The van der Waals surface area contributed by atoms with Crippen LogP contribution in [-0.4, -0.2) is 36.3 Å². The van der Waals surface area contributed by atoms with Crippen LogP contribution >= 0.6 is 0 Å². The molecule has 7 nitrogen and oxygen atoms in total. The van der Waals surface area contributed by atoms with Crippen LogP contribution in [0.5, 0.6) is 5.75 Å². The molecule has 0 radical (unpaired) electrons. The lowest BCUT2D eigenvalue weighted by molar-refractivity contribution is 0.415. The monoisotopic (exact) mass is 443 g/mol. The molecule has 1 atom stereocenters. The minimum atomic E-state index is -0.125. The van der Waals surface area contributed by atoms with Crippen LogP contribution in [0.15, 0.2) is 53.3 Å². The maximum Gasteiger partial charge on any atom is 0.263 e. The van der Waals surface area contributed by atoms with Crippen LogP contribution in [0.1, 0.15) is 24.8 Å². The molecule has 1 fully saturated rings. The standard InChI is InChI=1S/C26H29N5O2/c1-31-25(32)23(20-9-11-22(33-2)12-10-20)24(21-7-5-18(16-27)6-8-21)30-26(31)29-17-19-4-3-14-28-15-13-19/h5-12,19,28H,3-4,13-15,17H2,1-2H3,(H,29,30). The third-order valence-corrected chi connectivity index (χ3v) is 6.20. The van der Waals surface area contributed by atoms with Crippen molar-refractivity contribution < 1.29 is 4.74 Å². The van der Waals surface area contributed by atoms with Gasteiger partial charge in [0.15, 0.2) is 0 Å². The van der Waals surface area contributed by atoms with E-state index in [1.165, 1.54) is 0 Å². The van der Waals surface area contributed by atoms with E-state index in [1.807, 2.05) is 36.4 Å². The topological polar surface area (TPSA) is 92.0 Å². The molecule has 170 valence electrons. The van der Waals surface area contributed by atoms with Crippen LogP contribution in [0.25, 0.3) is 22.4 Å². The number of rotatable bonds is 6. The average molecular weight is 444 g/mol. The van der Waals surface area contributed by atoms with Crippen molar-refractivity contribution in [2.75, 3.05) is 32.1 Å². The molecule has 2 aromatic carbocycles. The fraction of sp³-hybridized carbons (Fsp3) is 0.346. The van der Waals surface area contributed by atoms with Crippen LogP contribution in [0.2, 0.25) is 0 Å². The van der Waals surface area contributed by atoms with Crippen molar-refractivity contribution in [1.29, 1.82) is 5.26 Å². The number of hydrogen-bond acceptors (Lipinski definition) is 6. The summed E-state index contributed by atoms with van der Waals surface area (Å²) in [5, 5.41) is 16.0. The summed E-state index contributed by atoms with van der Waals surface area (Å²) < 4.78 is 6.86. The summed E-state index contributed by atoms with van der Waals surface area (Å²) in [4.78, 5) is 18.5. The van der Waals surface area contributed by atoms with Crippen molar-refractivity contribution in [3.05, 3.63) is 64.4 Å². The Balaban J connectivity index is 1.76. The molecule has 33 heavy (non-hydrogen) atoms. The second-order valence-electron chi connectivity index (χ2n) is 8.37. The van der Waals surface area contributed by atoms with E-state index in [0.29, 0.717) is 28.7 Å². The summed E-state index contributed by atoms with van der Waals surface area (Å²) in [6, 6.07) is 16.7. The lowest BCUT2D eigenvalue weighted by atomic mass is 9.99. The van der Waals surface area contributed by atoms with Crippen molar-refractivity contribution in [3.63, 3.8) is 0 Å². The Bertz CT molecular complexity index is 1190. The quantitative estimate of drug-likeness (QED) is 0.602. The summed E-state index contributed by atoms with van der Waals surface area (Å²) in [6.07, 6.45) is 3.42. The van der Waals surface area contributed by atoms with Crippen molar-refractivity contribution in [2.24, 2.45) is 13.0 Å². The Morgan fingerprint density at radius 3 is 2.55 bits per heavy atom. The molecule has 0 aliphatic carbocycles. The Morgan fingerprint density at radius 1 is 1.12 bits per heavy atom. The molecule has 3 aromatic rings. The van der Waals surface area contributed by atoms with Crippen LogP contribution in [0, 0.1) is 17.2 Å². The second-order valence-corrected chi connectivity index (χ2v) is 8.37. The summed E-state index contributed by atoms with van der Waals surface area (Å²) in [6.45, 7) is 2.86. The third-order valence-electron chi connectivity index (χ3n) is 6.20. The van der Waals surface area contributed by atoms with Crippen molar-refractivity contribution in [1.82, 2.24) is 14.9 Å². The van der Waals surface area contributed by atoms with Gasteiger partial charge in [-0.1, -0.05) is 24.3 Å². The largest absolute Gasteiger partial charge is 0.497 e. The number of ether oxygens (including phenoxy) is 1. The van der Waals surface area contributed by atoms with Crippen molar-refractivity contribution in [2.45, 2.75) is 19.3 Å². The first-order valence-corrected chi connectivity index (χ1v) is 11.3. The van der Waals surface area contributed by atoms with Gasteiger partial charge in [-0.2, -0.15) is 5.26 Å². The van der Waals surface area contributed by atoms with Gasteiger partial charge in [0, 0.05) is 19.2 Å². The predicted octanol–water partition coefficient (Wildman–Crippen LogP) is 3.80. The van der Waals surface area contributed by atoms with Gasteiger partial charge in [0.2, 0.25) is 5.95 Å². The molecular formula is C26H29N5O2. The highest BCUT2D eigenvalue weighted by molar-refractivity contribution is 5.81.